The molecule has 0 radical (unpaired) electrons. The summed E-state index contributed by atoms with van der Waals surface area (Å²) in [4.78, 5) is 10.9. The molecule has 1 rings (SSSR count). The molecule has 15 heavy (non-hydrogen) atoms. The molecule has 4 heteroatoms. The van der Waals surface area contributed by atoms with E-state index < -0.39 is 0 Å². The molecule has 1 aliphatic heterocycles. The van der Waals surface area contributed by atoms with Gasteiger partial charge in [-0.3, -0.25) is 4.48 Å². The van der Waals surface area contributed by atoms with Crippen LogP contribution in [0.3, 0.4) is 0 Å². The molecule has 0 bridgehead atoms. The highest BCUT2D eigenvalue weighted by Gasteiger charge is 2.31. The van der Waals surface area contributed by atoms with Crippen LogP contribution in [-0.2, 0) is 14.3 Å². The summed E-state index contributed by atoms with van der Waals surface area (Å²) < 4.78 is 11.1. The van der Waals surface area contributed by atoms with Gasteiger partial charge in [0.2, 0.25) is 0 Å². The molecular formula is C11H20NO3+. The second-order valence-corrected chi connectivity index (χ2v) is 4.01. The van der Waals surface area contributed by atoms with E-state index in [4.69, 9.17) is 9.47 Å². The zero-order chi connectivity index (χ0) is 11.1. The van der Waals surface area contributed by atoms with Gasteiger partial charge in [0.05, 0.1) is 13.1 Å². The summed E-state index contributed by atoms with van der Waals surface area (Å²) in [7, 11) is 1.72. The van der Waals surface area contributed by atoms with Gasteiger partial charge in [-0.2, -0.15) is 0 Å². The summed E-state index contributed by atoms with van der Waals surface area (Å²) in [5.41, 5.74) is 0. The van der Waals surface area contributed by atoms with Crippen molar-refractivity contribution in [2.45, 2.75) is 12.8 Å². The van der Waals surface area contributed by atoms with Crippen molar-refractivity contribution in [2.24, 2.45) is 0 Å². The molecule has 1 fully saturated rings. The molecule has 0 atom stereocenters. The van der Waals surface area contributed by atoms with Gasteiger partial charge in [-0.05, 0) is 0 Å². The van der Waals surface area contributed by atoms with Crippen LogP contribution in [0.1, 0.15) is 12.8 Å². The number of nitrogens with zero attached hydrogens (tertiary/aromatic N) is 1. The standard InChI is InChI=1S/C11H20NO3/c1-3-11(13)15-9-8-12(10-14-2)6-4-5-7-12/h3H,1,4-10H2,2H3/q+1. The fraction of sp³-hybridized carbons (Fsp3) is 0.727. The van der Waals surface area contributed by atoms with E-state index in [1.54, 1.807) is 7.11 Å². The van der Waals surface area contributed by atoms with Crippen LogP contribution >= 0.6 is 0 Å². The van der Waals surface area contributed by atoms with Crippen LogP contribution in [-0.4, -0.2) is 50.5 Å². The Kier molecular flexibility index (Phi) is 4.78. The first-order valence-electron chi connectivity index (χ1n) is 5.36. The minimum absolute atomic E-state index is 0.343. The molecule has 86 valence electrons. The summed E-state index contributed by atoms with van der Waals surface area (Å²) in [5.74, 6) is -0.343. The Morgan fingerprint density at radius 2 is 2.13 bits per heavy atom. The summed E-state index contributed by atoms with van der Waals surface area (Å²) in [5, 5.41) is 0. The van der Waals surface area contributed by atoms with Gasteiger partial charge in [0.15, 0.2) is 6.73 Å². The number of methoxy groups -OCH3 is 1. The van der Waals surface area contributed by atoms with Gasteiger partial charge < -0.3 is 9.47 Å². The van der Waals surface area contributed by atoms with E-state index in [0.717, 1.165) is 24.1 Å². The number of likely N-dealkylation sites (tertiary alicyclic amines) is 1. The zero-order valence-electron chi connectivity index (χ0n) is 9.41. The minimum Gasteiger partial charge on any atom is -0.457 e. The van der Waals surface area contributed by atoms with Crippen LogP contribution in [0.25, 0.3) is 0 Å². The lowest BCUT2D eigenvalue weighted by molar-refractivity contribution is -0.934. The average molecular weight is 214 g/mol. The number of hydrogen-bond acceptors (Lipinski definition) is 3. The van der Waals surface area contributed by atoms with Crippen molar-refractivity contribution in [3.05, 3.63) is 12.7 Å². The lowest BCUT2D eigenvalue weighted by Crippen LogP contribution is -2.48. The number of rotatable bonds is 6. The van der Waals surface area contributed by atoms with Crippen LogP contribution in [0.2, 0.25) is 0 Å². The molecule has 0 amide bonds. The van der Waals surface area contributed by atoms with E-state index in [1.165, 1.54) is 18.9 Å². The third kappa shape index (κ3) is 3.64. The number of esters is 1. The smallest absolute Gasteiger partial charge is 0.330 e. The Hall–Kier alpha value is -0.870. The first kappa shape index (κ1) is 12.2. The molecule has 0 unspecified atom stereocenters. The third-order valence-corrected chi connectivity index (χ3v) is 2.89. The van der Waals surface area contributed by atoms with Crippen LogP contribution in [0.4, 0.5) is 0 Å². The minimum atomic E-state index is -0.343. The van der Waals surface area contributed by atoms with Gasteiger partial charge in [0, 0.05) is 26.0 Å². The van der Waals surface area contributed by atoms with Crippen molar-refractivity contribution in [1.29, 1.82) is 0 Å². The Balaban J connectivity index is 2.32. The summed E-state index contributed by atoms with van der Waals surface area (Å²) >= 11 is 0. The van der Waals surface area contributed by atoms with Gasteiger partial charge >= 0.3 is 5.97 Å². The lowest BCUT2D eigenvalue weighted by atomic mass is 10.4. The fourth-order valence-electron chi connectivity index (χ4n) is 2.10. The molecule has 0 aromatic rings. The molecule has 1 heterocycles. The van der Waals surface area contributed by atoms with Crippen LogP contribution in [0.5, 0.6) is 0 Å². The Bertz CT molecular complexity index is 222. The Labute approximate surface area is 91.1 Å². The molecule has 4 nitrogen and oxygen atoms in total. The lowest BCUT2D eigenvalue weighted by Gasteiger charge is -2.32. The monoisotopic (exact) mass is 214 g/mol. The van der Waals surface area contributed by atoms with Gasteiger partial charge in [0.25, 0.3) is 0 Å². The molecule has 0 aromatic heterocycles. The van der Waals surface area contributed by atoms with Gasteiger partial charge in [0.1, 0.15) is 13.2 Å². The van der Waals surface area contributed by atoms with E-state index in [-0.39, 0.29) is 5.97 Å². The maximum Gasteiger partial charge on any atom is 0.330 e. The number of carbonyl (C=O) groups excluding carboxylic acids is 1. The largest absolute Gasteiger partial charge is 0.457 e. The third-order valence-electron chi connectivity index (χ3n) is 2.89. The highest BCUT2D eigenvalue weighted by molar-refractivity contribution is 5.81. The molecular weight excluding hydrogens is 194 g/mol. The van der Waals surface area contributed by atoms with Crippen molar-refractivity contribution in [3.63, 3.8) is 0 Å². The normalized spacial score (nSPS) is 18.7. The van der Waals surface area contributed by atoms with E-state index in [1.807, 2.05) is 0 Å². The summed E-state index contributed by atoms with van der Waals surface area (Å²) in [6, 6.07) is 0. The predicted octanol–water partition coefficient (Wildman–Crippen LogP) is 0.930. The van der Waals surface area contributed by atoms with Gasteiger partial charge in [-0.25, -0.2) is 4.79 Å². The molecule has 0 aromatic carbocycles. The van der Waals surface area contributed by atoms with Crippen molar-refractivity contribution in [2.75, 3.05) is 40.1 Å². The van der Waals surface area contributed by atoms with Crippen LogP contribution in [0, 0.1) is 0 Å². The number of hydrogen-bond donors (Lipinski definition) is 0. The quantitative estimate of drug-likeness (QED) is 0.375. The van der Waals surface area contributed by atoms with Crippen LogP contribution < -0.4 is 0 Å². The fourth-order valence-corrected chi connectivity index (χ4v) is 2.10. The van der Waals surface area contributed by atoms with Gasteiger partial charge in [-0.15, -0.1) is 0 Å². The van der Waals surface area contributed by atoms with Crippen molar-refractivity contribution in [3.8, 4) is 0 Å². The highest BCUT2D eigenvalue weighted by atomic mass is 16.5. The van der Waals surface area contributed by atoms with Gasteiger partial charge in [-0.1, -0.05) is 6.58 Å². The summed E-state index contributed by atoms with van der Waals surface area (Å²) in [6.07, 6.45) is 3.67. The number of ether oxygens (including phenoxy) is 2. The number of quaternary nitrogens is 1. The number of carbonyl (C=O) groups is 1. The van der Waals surface area contributed by atoms with Crippen molar-refractivity contribution < 1.29 is 18.8 Å². The van der Waals surface area contributed by atoms with Crippen molar-refractivity contribution >= 4 is 5.97 Å². The molecule has 0 aliphatic carbocycles. The maximum atomic E-state index is 10.9. The first-order valence-corrected chi connectivity index (χ1v) is 5.36. The Morgan fingerprint density at radius 3 is 2.67 bits per heavy atom. The first-order chi connectivity index (χ1) is 7.22. The zero-order valence-corrected chi connectivity index (χ0v) is 9.41. The maximum absolute atomic E-state index is 10.9. The topological polar surface area (TPSA) is 35.5 Å². The molecule has 0 saturated carbocycles. The second-order valence-electron chi connectivity index (χ2n) is 4.01. The molecule has 0 spiro atoms. The molecule has 1 aliphatic rings. The predicted molar refractivity (Wildman–Crippen MR) is 57.1 cm³/mol. The summed E-state index contributed by atoms with van der Waals surface area (Å²) in [6.45, 7) is 7.62. The van der Waals surface area contributed by atoms with E-state index >= 15 is 0 Å². The van der Waals surface area contributed by atoms with E-state index in [9.17, 15) is 4.79 Å². The Morgan fingerprint density at radius 1 is 1.47 bits per heavy atom. The highest BCUT2D eigenvalue weighted by Crippen LogP contribution is 2.18. The molecule has 1 saturated heterocycles. The second kappa shape index (κ2) is 5.88. The average Bonchev–Trinajstić information content (AvgIpc) is 2.67. The van der Waals surface area contributed by atoms with E-state index in [2.05, 4.69) is 6.58 Å². The van der Waals surface area contributed by atoms with Crippen LogP contribution in [0.15, 0.2) is 12.7 Å². The van der Waals surface area contributed by atoms with Crippen molar-refractivity contribution in [1.82, 2.24) is 0 Å². The molecule has 0 N–H and O–H groups in total. The SMILES string of the molecule is C=CC(=O)OCC[N+]1(COC)CCCC1. The van der Waals surface area contributed by atoms with E-state index in [0.29, 0.717) is 13.3 Å².